The number of ether oxygens (including phenoxy) is 1. The monoisotopic (exact) mass is 343 g/mol. The smallest absolute Gasteiger partial charge is 0.270 e. The molecule has 0 spiro atoms. The Balaban J connectivity index is 1.97. The summed E-state index contributed by atoms with van der Waals surface area (Å²) in [5.41, 5.74) is 1.36. The minimum atomic E-state index is -0.212. The standard InChI is InChI=1S/C17H13NO3S2/c1-21-14-8-3-2-5-11(14)9-15-16(20)18(17(22)23-15)12-6-4-7-13(19)10-12/h2-10,19H,1H3/b15-9-. The molecule has 0 saturated carbocycles. The van der Waals surface area contributed by atoms with Gasteiger partial charge in [-0.15, -0.1) is 0 Å². The van der Waals surface area contributed by atoms with Crippen LogP contribution >= 0.6 is 24.0 Å². The van der Waals surface area contributed by atoms with Crippen LogP contribution in [-0.2, 0) is 4.79 Å². The number of thioether (sulfide) groups is 1. The number of nitrogens with zero attached hydrogens (tertiary/aromatic N) is 1. The Morgan fingerprint density at radius 1 is 1.22 bits per heavy atom. The van der Waals surface area contributed by atoms with Gasteiger partial charge in [0.05, 0.1) is 17.7 Å². The number of amides is 1. The Labute approximate surface area is 143 Å². The van der Waals surface area contributed by atoms with Gasteiger partial charge in [-0.05, 0) is 24.3 Å². The van der Waals surface area contributed by atoms with Crippen LogP contribution in [0.5, 0.6) is 11.5 Å². The van der Waals surface area contributed by atoms with Gasteiger partial charge < -0.3 is 9.84 Å². The number of methoxy groups -OCH3 is 1. The average molecular weight is 343 g/mol. The second-order valence-corrected chi connectivity index (χ2v) is 6.45. The van der Waals surface area contributed by atoms with Crippen molar-refractivity contribution < 1.29 is 14.6 Å². The van der Waals surface area contributed by atoms with E-state index >= 15 is 0 Å². The molecule has 1 aliphatic rings. The molecule has 2 aromatic rings. The van der Waals surface area contributed by atoms with Crippen molar-refractivity contribution in [3.63, 3.8) is 0 Å². The molecule has 1 heterocycles. The number of para-hydroxylation sites is 1. The fourth-order valence-corrected chi connectivity index (χ4v) is 3.54. The van der Waals surface area contributed by atoms with Crippen LogP contribution in [0.25, 0.3) is 6.08 Å². The highest BCUT2D eigenvalue weighted by Gasteiger charge is 2.33. The Morgan fingerprint density at radius 3 is 2.74 bits per heavy atom. The molecule has 0 aliphatic carbocycles. The zero-order valence-electron chi connectivity index (χ0n) is 12.2. The molecule has 116 valence electrons. The number of anilines is 1. The molecule has 0 bridgehead atoms. The first kappa shape index (κ1) is 15.6. The second kappa shape index (κ2) is 6.44. The van der Waals surface area contributed by atoms with Crippen LogP contribution in [0.1, 0.15) is 5.56 Å². The summed E-state index contributed by atoms with van der Waals surface area (Å²) in [6, 6.07) is 13.9. The van der Waals surface area contributed by atoms with Crippen LogP contribution in [-0.4, -0.2) is 22.4 Å². The third-order valence-corrected chi connectivity index (χ3v) is 4.61. The summed E-state index contributed by atoms with van der Waals surface area (Å²) in [4.78, 5) is 14.6. The van der Waals surface area contributed by atoms with Crippen molar-refractivity contribution in [3.05, 3.63) is 59.0 Å². The van der Waals surface area contributed by atoms with E-state index in [0.717, 1.165) is 5.56 Å². The molecule has 1 aliphatic heterocycles. The molecule has 0 radical (unpaired) electrons. The first-order valence-corrected chi connectivity index (χ1v) is 8.02. The van der Waals surface area contributed by atoms with E-state index in [9.17, 15) is 9.90 Å². The quantitative estimate of drug-likeness (QED) is 0.678. The number of carbonyl (C=O) groups excluding carboxylic acids is 1. The summed E-state index contributed by atoms with van der Waals surface area (Å²) in [5, 5.41) is 9.60. The lowest BCUT2D eigenvalue weighted by Gasteiger charge is -2.14. The first-order chi connectivity index (χ1) is 11.1. The van der Waals surface area contributed by atoms with Crippen LogP contribution in [0, 0.1) is 0 Å². The number of phenolic OH excluding ortho intramolecular Hbond substituents is 1. The van der Waals surface area contributed by atoms with E-state index in [2.05, 4.69) is 0 Å². The highest BCUT2D eigenvalue weighted by molar-refractivity contribution is 8.27. The minimum Gasteiger partial charge on any atom is -0.508 e. The van der Waals surface area contributed by atoms with Gasteiger partial charge in [0.2, 0.25) is 0 Å². The number of carbonyl (C=O) groups is 1. The van der Waals surface area contributed by atoms with E-state index in [0.29, 0.717) is 20.7 Å². The van der Waals surface area contributed by atoms with Crippen molar-refractivity contribution >= 4 is 46.0 Å². The zero-order chi connectivity index (χ0) is 16.4. The molecular weight excluding hydrogens is 330 g/mol. The maximum absolute atomic E-state index is 12.7. The summed E-state index contributed by atoms with van der Waals surface area (Å²) in [6.45, 7) is 0. The van der Waals surface area contributed by atoms with E-state index in [1.165, 1.54) is 22.7 Å². The van der Waals surface area contributed by atoms with Gasteiger partial charge in [0, 0.05) is 11.6 Å². The predicted octanol–water partition coefficient (Wildman–Crippen LogP) is 3.81. The van der Waals surface area contributed by atoms with Crippen LogP contribution in [0.3, 0.4) is 0 Å². The van der Waals surface area contributed by atoms with Crippen molar-refractivity contribution in [1.82, 2.24) is 0 Å². The van der Waals surface area contributed by atoms with Crippen molar-refractivity contribution in [3.8, 4) is 11.5 Å². The van der Waals surface area contributed by atoms with Gasteiger partial charge in [-0.1, -0.05) is 48.2 Å². The Kier molecular flexibility index (Phi) is 4.36. The molecule has 1 N–H and O–H groups in total. The topological polar surface area (TPSA) is 49.8 Å². The van der Waals surface area contributed by atoms with Gasteiger partial charge in [-0.25, -0.2) is 0 Å². The summed E-state index contributed by atoms with van der Waals surface area (Å²) in [6.07, 6.45) is 1.76. The van der Waals surface area contributed by atoms with E-state index < -0.39 is 0 Å². The highest BCUT2D eigenvalue weighted by Crippen LogP contribution is 2.37. The van der Waals surface area contributed by atoms with E-state index in [1.807, 2.05) is 24.3 Å². The molecule has 6 heteroatoms. The molecule has 2 aromatic carbocycles. The predicted molar refractivity (Wildman–Crippen MR) is 96.8 cm³/mol. The van der Waals surface area contributed by atoms with E-state index in [-0.39, 0.29) is 11.7 Å². The lowest BCUT2D eigenvalue weighted by atomic mass is 10.2. The minimum absolute atomic E-state index is 0.0882. The Morgan fingerprint density at radius 2 is 2.00 bits per heavy atom. The number of phenols is 1. The van der Waals surface area contributed by atoms with Crippen molar-refractivity contribution in [1.29, 1.82) is 0 Å². The van der Waals surface area contributed by atoms with Crippen LogP contribution in [0.15, 0.2) is 53.4 Å². The number of hydrogen-bond acceptors (Lipinski definition) is 5. The molecule has 4 nitrogen and oxygen atoms in total. The molecule has 3 rings (SSSR count). The van der Waals surface area contributed by atoms with Crippen molar-refractivity contribution in [2.75, 3.05) is 12.0 Å². The number of benzene rings is 2. The molecule has 23 heavy (non-hydrogen) atoms. The molecule has 0 aromatic heterocycles. The largest absolute Gasteiger partial charge is 0.508 e. The lowest BCUT2D eigenvalue weighted by Crippen LogP contribution is -2.27. The molecule has 1 amide bonds. The maximum atomic E-state index is 12.7. The van der Waals surface area contributed by atoms with Crippen LogP contribution in [0.4, 0.5) is 5.69 Å². The molecular formula is C17H13NO3S2. The van der Waals surface area contributed by atoms with Crippen molar-refractivity contribution in [2.24, 2.45) is 0 Å². The number of hydrogen-bond donors (Lipinski definition) is 1. The normalized spacial score (nSPS) is 16.2. The van der Waals surface area contributed by atoms with Gasteiger partial charge in [-0.2, -0.15) is 0 Å². The molecule has 0 unspecified atom stereocenters. The number of thiocarbonyl (C=S) groups is 1. The SMILES string of the molecule is COc1ccccc1/C=C1\SC(=S)N(c2cccc(O)c2)C1=O. The van der Waals surface area contributed by atoms with E-state index in [4.69, 9.17) is 17.0 Å². The summed E-state index contributed by atoms with van der Waals surface area (Å²) in [7, 11) is 1.59. The lowest BCUT2D eigenvalue weighted by molar-refractivity contribution is -0.113. The van der Waals surface area contributed by atoms with Crippen LogP contribution < -0.4 is 9.64 Å². The molecule has 0 atom stereocenters. The van der Waals surface area contributed by atoms with Crippen molar-refractivity contribution in [2.45, 2.75) is 0 Å². The summed E-state index contributed by atoms with van der Waals surface area (Å²) >= 11 is 6.54. The fraction of sp³-hybridized carbons (Fsp3) is 0.0588. The number of aromatic hydroxyl groups is 1. The Hall–Kier alpha value is -2.31. The third-order valence-electron chi connectivity index (χ3n) is 3.31. The summed E-state index contributed by atoms with van der Waals surface area (Å²) in [5.74, 6) is 0.567. The number of rotatable bonds is 3. The van der Waals surface area contributed by atoms with Gasteiger partial charge in [0.25, 0.3) is 5.91 Å². The van der Waals surface area contributed by atoms with Gasteiger partial charge in [0.1, 0.15) is 11.5 Å². The maximum Gasteiger partial charge on any atom is 0.270 e. The van der Waals surface area contributed by atoms with Crippen LogP contribution in [0.2, 0.25) is 0 Å². The fourth-order valence-electron chi connectivity index (χ4n) is 2.25. The van der Waals surface area contributed by atoms with Gasteiger partial charge in [0.15, 0.2) is 4.32 Å². The molecule has 1 saturated heterocycles. The third kappa shape index (κ3) is 3.09. The molecule has 1 fully saturated rings. The second-order valence-electron chi connectivity index (χ2n) is 4.78. The highest BCUT2D eigenvalue weighted by atomic mass is 32.2. The van der Waals surface area contributed by atoms with Gasteiger partial charge in [-0.3, -0.25) is 9.69 Å². The summed E-state index contributed by atoms with van der Waals surface area (Å²) < 4.78 is 5.73. The first-order valence-electron chi connectivity index (χ1n) is 6.80. The average Bonchev–Trinajstić information content (AvgIpc) is 2.82. The van der Waals surface area contributed by atoms with Gasteiger partial charge >= 0.3 is 0 Å². The zero-order valence-corrected chi connectivity index (χ0v) is 13.9. The Bertz CT molecular complexity index is 817. The van der Waals surface area contributed by atoms with E-state index in [1.54, 1.807) is 31.4 Å².